The van der Waals surface area contributed by atoms with E-state index in [0.29, 0.717) is 28.0 Å². The number of rotatable bonds is 5. The number of thioether (sulfide) groups is 1. The number of fused-ring (bicyclic) bond motifs is 2. The highest BCUT2D eigenvalue weighted by Crippen LogP contribution is 2.50. The van der Waals surface area contributed by atoms with Crippen molar-refractivity contribution in [2.24, 2.45) is 0 Å². The Labute approximate surface area is 231 Å². The summed E-state index contributed by atoms with van der Waals surface area (Å²) < 4.78 is 12.9. The van der Waals surface area contributed by atoms with Crippen LogP contribution in [0.15, 0.2) is 42.5 Å². The monoisotopic (exact) mass is 554 g/mol. The number of halogens is 1. The first-order chi connectivity index (χ1) is 18.0. The Balaban J connectivity index is 1.77. The second-order valence-corrected chi connectivity index (χ2v) is 12.2. The number of ether oxygens (including phenoxy) is 2. The summed E-state index contributed by atoms with van der Waals surface area (Å²) in [6.45, 7) is 10.1. The summed E-state index contributed by atoms with van der Waals surface area (Å²) >= 11 is 8.18. The van der Waals surface area contributed by atoms with Gasteiger partial charge in [0, 0.05) is 17.0 Å². The van der Waals surface area contributed by atoms with E-state index in [0.717, 1.165) is 16.8 Å². The van der Waals surface area contributed by atoms with E-state index in [-0.39, 0.29) is 47.6 Å². The van der Waals surface area contributed by atoms with Gasteiger partial charge in [-0.05, 0) is 43.7 Å². The number of nitrogens with zero attached hydrogens (tertiary/aromatic N) is 3. The van der Waals surface area contributed by atoms with E-state index in [1.165, 1.54) is 11.8 Å². The van der Waals surface area contributed by atoms with Gasteiger partial charge in [0.1, 0.15) is 12.4 Å². The lowest BCUT2D eigenvalue weighted by Crippen LogP contribution is -2.44. The molecule has 0 radical (unpaired) electrons. The van der Waals surface area contributed by atoms with Gasteiger partial charge in [-0.1, -0.05) is 50.6 Å². The number of amides is 2. The average molecular weight is 555 g/mol. The number of hydrogen-bond acceptors (Lipinski definition) is 6. The molecule has 1 aromatic heterocycles. The van der Waals surface area contributed by atoms with Gasteiger partial charge >= 0.3 is 0 Å². The van der Waals surface area contributed by atoms with Crippen molar-refractivity contribution in [1.29, 1.82) is 0 Å². The maximum absolute atomic E-state index is 13.7. The van der Waals surface area contributed by atoms with Crippen LogP contribution in [0.1, 0.15) is 56.7 Å². The molecule has 0 fully saturated rings. The Morgan fingerprint density at radius 1 is 1.18 bits per heavy atom. The lowest BCUT2D eigenvalue weighted by molar-refractivity contribution is -0.123. The van der Waals surface area contributed by atoms with E-state index in [1.54, 1.807) is 15.6 Å². The molecule has 0 spiro atoms. The van der Waals surface area contributed by atoms with Gasteiger partial charge in [-0.15, -0.1) is 11.8 Å². The second kappa shape index (κ2) is 10.2. The van der Waals surface area contributed by atoms with E-state index >= 15 is 0 Å². The predicted octanol–water partition coefficient (Wildman–Crippen LogP) is 5.25. The van der Waals surface area contributed by atoms with Crippen molar-refractivity contribution in [2.45, 2.75) is 51.3 Å². The van der Waals surface area contributed by atoms with Crippen LogP contribution in [-0.4, -0.2) is 46.7 Å². The highest BCUT2D eigenvalue weighted by atomic mass is 35.5. The summed E-state index contributed by atoms with van der Waals surface area (Å²) in [5, 5.41) is 8.24. The first-order valence-electron chi connectivity index (χ1n) is 12.5. The standard InChI is InChI=1S/C28H31ClN4O4S/c1-16(2)30-22(34)13-32-23(35)14-38-25(17-10-11-20-21(12-17)37-15-36-20)24-26(28(3,4)5)31-33(27(24)32)19-9-7-6-8-18(19)29/h6-12,16,25H,13-15H2,1-5H3,(H,30,34)/t25-/m0/s1. The molecule has 0 saturated heterocycles. The minimum absolute atomic E-state index is 0.0570. The number of anilines is 1. The number of carbonyl (C=O) groups excluding carboxylic acids is 2. The molecule has 0 unspecified atom stereocenters. The Morgan fingerprint density at radius 2 is 1.92 bits per heavy atom. The highest BCUT2D eigenvalue weighted by molar-refractivity contribution is 8.00. The highest BCUT2D eigenvalue weighted by Gasteiger charge is 2.40. The molecule has 5 rings (SSSR count). The van der Waals surface area contributed by atoms with Crippen molar-refractivity contribution < 1.29 is 19.1 Å². The number of aromatic nitrogens is 2. The second-order valence-electron chi connectivity index (χ2n) is 10.7. The molecule has 38 heavy (non-hydrogen) atoms. The Bertz CT molecular complexity index is 1400. The summed E-state index contributed by atoms with van der Waals surface area (Å²) in [6.07, 6.45) is 0. The summed E-state index contributed by atoms with van der Waals surface area (Å²) in [7, 11) is 0. The van der Waals surface area contributed by atoms with Crippen LogP contribution in [0.2, 0.25) is 5.02 Å². The first-order valence-corrected chi connectivity index (χ1v) is 14.0. The number of benzene rings is 2. The molecule has 0 bridgehead atoms. The van der Waals surface area contributed by atoms with E-state index in [2.05, 4.69) is 26.1 Å². The zero-order valence-corrected chi connectivity index (χ0v) is 23.7. The molecule has 3 heterocycles. The molecular weight excluding hydrogens is 524 g/mol. The summed E-state index contributed by atoms with van der Waals surface area (Å²) in [6, 6.07) is 13.2. The quantitative estimate of drug-likeness (QED) is 0.464. The van der Waals surface area contributed by atoms with Crippen LogP contribution in [0.4, 0.5) is 5.82 Å². The van der Waals surface area contributed by atoms with Gasteiger partial charge in [-0.3, -0.25) is 14.5 Å². The van der Waals surface area contributed by atoms with E-state index in [9.17, 15) is 9.59 Å². The van der Waals surface area contributed by atoms with Gasteiger partial charge in [0.15, 0.2) is 11.5 Å². The van der Waals surface area contributed by atoms with E-state index in [1.807, 2.05) is 50.2 Å². The van der Waals surface area contributed by atoms with Crippen molar-refractivity contribution in [3.8, 4) is 17.2 Å². The van der Waals surface area contributed by atoms with Gasteiger partial charge in [0.05, 0.1) is 27.4 Å². The molecule has 10 heteroatoms. The van der Waals surface area contributed by atoms with E-state index < -0.39 is 0 Å². The number of para-hydroxylation sites is 1. The fourth-order valence-electron chi connectivity index (χ4n) is 4.72. The van der Waals surface area contributed by atoms with Crippen molar-refractivity contribution in [3.05, 3.63) is 64.3 Å². The maximum Gasteiger partial charge on any atom is 0.240 e. The number of hydrogen-bond donors (Lipinski definition) is 1. The molecule has 2 amide bonds. The zero-order chi connectivity index (χ0) is 27.2. The molecule has 200 valence electrons. The Kier molecular flexibility index (Phi) is 7.09. The molecule has 1 N–H and O–H groups in total. The number of carbonyl (C=O) groups is 2. The first kappa shape index (κ1) is 26.4. The van der Waals surface area contributed by atoms with E-state index in [4.69, 9.17) is 26.2 Å². The fraction of sp³-hybridized carbons (Fsp3) is 0.393. The predicted molar refractivity (Wildman–Crippen MR) is 150 cm³/mol. The third-order valence-corrected chi connectivity index (χ3v) is 7.91. The summed E-state index contributed by atoms with van der Waals surface area (Å²) in [5.41, 5.74) is 2.94. The van der Waals surface area contributed by atoms with Gasteiger partial charge in [-0.2, -0.15) is 5.10 Å². The normalized spacial score (nSPS) is 17.0. The average Bonchev–Trinajstić information content (AvgIpc) is 3.44. The van der Waals surface area contributed by atoms with Crippen LogP contribution >= 0.6 is 23.4 Å². The van der Waals surface area contributed by atoms with Crippen LogP contribution in [0.3, 0.4) is 0 Å². The minimum Gasteiger partial charge on any atom is -0.454 e. The molecule has 0 saturated carbocycles. The third-order valence-electron chi connectivity index (χ3n) is 6.33. The van der Waals surface area contributed by atoms with Gasteiger partial charge in [0.25, 0.3) is 0 Å². The largest absolute Gasteiger partial charge is 0.454 e. The van der Waals surface area contributed by atoms with Gasteiger partial charge < -0.3 is 14.8 Å². The van der Waals surface area contributed by atoms with Crippen LogP contribution < -0.4 is 19.7 Å². The van der Waals surface area contributed by atoms with Gasteiger partial charge in [-0.25, -0.2) is 4.68 Å². The van der Waals surface area contributed by atoms with Crippen LogP contribution in [-0.2, 0) is 15.0 Å². The summed E-state index contributed by atoms with van der Waals surface area (Å²) in [4.78, 5) is 28.2. The zero-order valence-electron chi connectivity index (χ0n) is 22.1. The molecule has 0 aliphatic carbocycles. The molecule has 3 aromatic rings. The molecule has 2 aliphatic heterocycles. The lowest BCUT2D eigenvalue weighted by Gasteiger charge is -2.25. The van der Waals surface area contributed by atoms with Crippen molar-refractivity contribution in [1.82, 2.24) is 15.1 Å². The van der Waals surface area contributed by atoms with Crippen molar-refractivity contribution in [2.75, 3.05) is 24.0 Å². The topological polar surface area (TPSA) is 85.7 Å². The lowest BCUT2D eigenvalue weighted by atomic mass is 9.87. The van der Waals surface area contributed by atoms with Gasteiger partial charge in [0.2, 0.25) is 18.6 Å². The summed E-state index contributed by atoms with van der Waals surface area (Å²) in [5.74, 6) is 1.69. The molecular formula is C28H31ClN4O4S. The smallest absolute Gasteiger partial charge is 0.240 e. The van der Waals surface area contributed by atoms with Crippen LogP contribution in [0.5, 0.6) is 11.5 Å². The SMILES string of the molecule is CC(C)NC(=O)CN1C(=O)CS[C@@H](c2ccc3c(c2)OCO3)c2c(C(C)(C)C)nn(-c3ccccc3Cl)c21. The van der Waals surface area contributed by atoms with Crippen LogP contribution in [0.25, 0.3) is 5.69 Å². The van der Waals surface area contributed by atoms with Crippen LogP contribution in [0, 0.1) is 0 Å². The number of nitrogens with one attached hydrogen (secondary N) is 1. The maximum atomic E-state index is 13.7. The molecule has 2 aliphatic rings. The Morgan fingerprint density at radius 3 is 2.63 bits per heavy atom. The third kappa shape index (κ3) is 4.97. The van der Waals surface area contributed by atoms with Crippen molar-refractivity contribution >= 4 is 41.0 Å². The minimum atomic E-state index is -0.370. The Hall–Kier alpha value is -3.17. The van der Waals surface area contributed by atoms with Crippen molar-refractivity contribution in [3.63, 3.8) is 0 Å². The fourth-order valence-corrected chi connectivity index (χ4v) is 6.12. The molecule has 1 atom stereocenters. The molecule has 8 nitrogen and oxygen atoms in total. The molecule has 2 aromatic carbocycles.